The molecule has 7 heteroatoms. The third kappa shape index (κ3) is 3.15. The third-order valence-electron chi connectivity index (χ3n) is 4.42. The minimum atomic E-state index is -1.15. The van der Waals surface area contributed by atoms with E-state index in [1.165, 1.54) is 0 Å². The van der Waals surface area contributed by atoms with Crippen LogP contribution < -0.4 is 10.6 Å². The van der Waals surface area contributed by atoms with Gasteiger partial charge < -0.3 is 10.6 Å². The standard InChI is InChI=1S/C19H18ClN3O3/c1-2-19(13-8-4-3-5-9-13)17(25)23(18(26)22-19)12-16(24)21-15-11-7-6-10-14(15)20/h3-11H,2,12H2,1H3,(H,21,24)(H,22,26). The number of nitrogens with zero attached hydrogens (tertiary/aromatic N) is 1. The first-order valence-electron chi connectivity index (χ1n) is 8.22. The predicted octanol–water partition coefficient (Wildman–Crippen LogP) is 3.14. The number of urea groups is 1. The van der Waals surface area contributed by atoms with Gasteiger partial charge in [0.15, 0.2) is 0 Å². The largest absolute Gasteiger partial charge is 0.325 e. The number of benzene rings is 2. The Labute approximate surface area is 156 Å². The number of carbonyl (C=O) groups excluding carboxylic acids is 3. The molecule has 2 aromatic carbocycles. The Morgan fingerprint density at radius 3 is 2.42 bits per heavy atom. The molecule has 0 spiro atoms. The van der Waals surface area contributed by atoms with Crippen molar-refractivity contribution in [3.8, 4) is 0 Å². The summed E-state index contributed by atoms with van der Waals surface area (Å²) in [5.74, 6) is -0.938. The zero-order chi connectivity index (χ0) is 18.7. The molecular weight excluding hydrogens is 354 g/mol. The molecular formula is C19H18ClN3O3. The molecule has 0 saturated carbocycles. The summed E-state index contributed by atoms with van der Waals surface area (Å²) in [5.41, 5.74) is -0.0332. The molecule has 3 rings (SSSR count). The van der Waals surface area contributed by atoms with Crippen molar-refractivity contribution < 1.29 is 14.4 Å². The van der Waals surface area contributed by atoms with E-state index >= 15 is 0 Å². The molecule has 134 valence electrons. The molecule has 6 nitrogen and oxygen atoms in total. The van der Waals surface area contributed by atoms with Crippen molar-refractivity contribution in [3.63, 3.8) is 0 Å². The van der Waals surface area contributed by atoms with Crippen LogP contribution in [0.5, 0.6) is 0 Å². The van der Waals surface area contributed by atoms with E-state index in [0.29, 0.717) is 22.7 Å². The Morgan fingerprint density at radius 2 is 1.77 bits per heavy atom. The highest BCUT2D eigenvalue weighted by molar-refractivity contribution is 6.33. The molecule has 1 atom stereocenters. The van der Waals surface area contributed by atoms with Gasteiger partial charge >= 0.3 is 6.03 Å². The van der Waals surface area contributed by atoms with Crippen LogP contribution in [0.15, 0.2) is 54.6 Å². The van der Waals surface area contributed by atoms with Crippen molar-refractivity contribution in [1.29, 1.82) is 0 Å². The van der Waals surface area contributed by atoms with Gasteiger partial charge in [-0.2, -0.15) is 0 Å². The Morgan fingerprint density at radius 1 is 1.12 bits per heavy atom. The number of carbonyl (C=O) groups is 3. The van der Waals surface area contributed by atoms with Crippen LogP contribution in [0.3, 0.4) is 0 Å². The number of rotatable bonds is 5. The summed E-state index contributed by atoms with van der Waals surface area (Å²) < 4.78 is 0. The summed E-state index contributed by atoms with van der Waals surface area (Å²) in [7, 11) is 0. The van der Waals surface area contributed by atoms with Crippen LogP contribution in [0.2, 0.25) is 5.02 Å². The van der Waals surface area contributed by atoms with Crippen molar-refractivity contribution in [1.82, 2.24) is 10.2 Å². The minimum Gasteiger partial charge on any atom is -0.323 e. The molecule has 2 aromatic rings. The number of para-hydroxylation sites is 1. The smallest absolute Gasteiger partial charge is 0.323 e. The van der Waals surface area contributed by atoms with E-state index in [4.69, 9.17) is 11.6 Å². The van der Waals surface area contributed by atoms with Crippen LogP contribution in [-0.2, 0) is 15.1 Å². The van der Waals surface area contributed by atoms with E-state index in [1.54, 1.807) is 48.5 Å². The first-order valence-corrected chi connectivity index (χ1v) is 8.60. The summed E-state index contributed by atoms with van der Waals surface area (Å²) in [6, 6.07) is 15.2. The number of hydrogen-bond acceptors (Lipinski definition) is 3. The first kappa shape index (κ1) is 17.9. The summed E-state index contributed by atoms with van der Waals surface area (Å²) >= 11 is 6.02. The molecule has 1 fully saturated rings. The second-order valence-corrected chi connectivity index (χ2v) is 6.38. The van der Waals surface area contributed by atoms with Gasteiger partial charge in [-0.25, -0.2) is 4.79 Å². The van der Waals surface area contributed by atoms with Gasteiger partial charge in [0.2, 0.25) is 5.91 Å². The molecule has 1 aliphatic heterocycles. The molecule has 1 saturated heterocycles. The molecule has 4 amide bonds. The van der Waals surface area contributed by atoms with Gasteiger partial charge in [-0.05, 0) is 24.1 Å². The average molecular weight is 372 g/mol. The first-order chi connectivity index (χ1) is 12.5. The van der Waals surface area contributed by atoms with E-state index in [-0.39, 0.29) is 6.54 Å². The van der Waals surface area contributed by atoms with E-state index in [0.717, 1.165) is 4.90 Å². The predicted molar refractivity (Wildman–Crippen MR) is 98.7 cm³/mol. The van der Waals surface area contributed by atoms with Gasteiger partial charge in [-0.1, -0.05) is 61.0 Å². The molecule has 1 aliphatic rings. The van der Waals surface area contributed by atoms with Crippen LogP contribution >= 0.6 is 11.6 Å². The van der Waals surface area contributed by atoms with Crippen LogP contribution in [0.25, 0.3) is 0 Å². The van der Waals surface area contributed by atoms with E-state index in [1.807, 2.05) is 13.0 Å². The quantitative estimate of drug-likeness (QED) is 0.792. The van der Waals surface area contributed by atoms with Gasteiger partial charge in [-0.15, -0.1) is 0 Å². The number of hydrogen-bond donors (Lipinski definition) is 2. The summed E-state index contributed by atoms with van der Waals surface area (Å²) in [4.78, 5) is 38.6. The maximum Gasteiger partial charge on any atom is 0.325 e. The number of halogens is 1. The van der Waals surface area contributed by atoms with E-state index in [9.17, 15) is 14.4 Å². The van der Waals surface area contributed by atoms with Crippen LogP contribution in [-0.4, -0.2) is 29.3 Å². The van der Waals surface area contributed by atoms with E-state index in [2.05, 4.69) is 10.6 Å². The van der Waals surface area contributed by atoms with Gasteiger partial charge in [0.25, 0.3) is 5.91 Å². The molecule has 0 aromatic heterocycles. The lowest BCUT2D eigenvalue weighted by molar-refractivity contribution is -0.134. The maximum absolute atomic E-state index is 13.0. The Balaban J connectivity index is 1.79. The normalized spacial score (nSPS) is 19.4. The third-order valence-corrected chi connectivity index (χ3v) is 4.75. The Hall–Kier alpha value is -2.86. The van der Waals surface area contributed by atoms with Crippen LogP contribution in [0.1, 0.15) is 18.9 Å². The fraction of sp³-hybridized carbons (Fsp3) is 0.211. The van der Waals surface area contributed by atoms with Crippen LogP contribution in [0.4, 0.5) is 10.5 Å². The summed E-state index contributed by atoms with van der Waals surface area (Å²) in [5, 5.41) is 5.74. The molecule has 0 radical (unpaired) electrons. The maximum atomic E-state index is 13.0. The Kier molecular flexibility index (Phi) is 4.95. The fourth-order valence-electron chi connectivity index (χ4n) is 3.03. The van der Waals surface area contributed by atoms with Gasteiger partial charge in [0.1, 0.15) is 12.1 Å². The molecule has 0 bridgehead atoms. The summed E-state index contributed by atoms with van der Waals surface area (Å²) in [6.45, 7) is 1.43. The second-order valence-electron chi connectivity index (χ2n) is 5.97. The van der Waals surface area contributed by atoms with E-state index < -0.39 is 23.4 Å². The number of amides is 4. The van der Waals surface area contributed by atoms with Crippen molar-refractivity contribution >= 4 is 35.1 Å². The van der Waals surface area contributed by atoms with Crippen molar-refractivity contribution in [2.75, 3.05) is 11.9 Å². The lowest BCUT2D eigenvalue weighted by atomic mass is 9.87. The Bertz CT molecular complexity index is 856. The molecule has 1 unspecified atom stereocenters. The minimum absolute atomic E-state index is 0.379. The van der Waals surface area contributed by atoms with Crippen molar-refractivity contribution in [2.45, 2.75) is 18.9 Å². The number of anilines is 1. The average Bonchev–Trinajstić information content (AvgIpc) is 2.89. The number of nitrogens with one attached hydrogen (secondary N) is 2. The lowest BCUT2D eigenvalue weighted by Crippen LogP contribution is -2.44. The molecule has 1 heterocycles. The zero-order valence-electron chi connectivity index (χ0n) is 14.2. The molecule has 2 N–H and O–H groups in total. The lowest BCUT2D eigenvalue weighted by Gasteiger charge is -2.25. The highest BCUT2D eigenvalue weighted by Crippen LogP contribution is 2.32. The van der Waals surface area contributed by atoms with Crippen molar-refractivity contribution in [3.05, 3.63) is 65.2 Å². The topological polar surface area (TPSA) is 78.5 Å². The molecule has 26 heavy (non-hydrogen) atoms. The van der Waals surface area contributed by atoms with Gasteiger partial charge in [0, 0.05) is 0 Å². The fourth-order valence-corrected chi connectivity index (χ4v) is 3.21. The second kappa shape index (κ2) is 7.17. The highest BCUT2D eigenvalue weighted by Gasteiger charge is 2.51. The summed E-state index contributed by atoms with van der Waals surface area (Å²) in [6.07, 6.45) is 0.379. The van der Waals surface area contributed by atoms with Crippen molar-refractivity contribution in [2.24, 2.45) is 0 Å². The number of imide groups is 1. The van der Waals surface area contributed by atoms with Gasteiger partial charge in [-0.3, -0.25) is 14.5 Å². The zero-order valence-corrected chi connectivity index (χ0v) is 14.9. The monoisotopic (exact) mass is 371 g/mol. The highest BCUT2D eigenvalue weighted by atomic mass is 35.5. The van der Waals surface area contributed by atoms with Crippen LogP contribution in [0, 0.1) is 0 Å². The van der Waals surface area contributed by atoms with Gasteiger partial charge in [0.05, 0.1) is 10.7 Å². The SMILES string of the molecule is CCC1(c2ccccc2)NC(=O)N(CC(=O)Nc2ccccc2Cl)C1=O. The molecule has 0 aliphatic carbocycles.